The molecule has 6 heteroatoms. The average molecular weight is 304 g/mol. The number of carbonyl (C=O) groups is 2. The standard InChI is InChI=1S/C16H24N4O2/c17-7-2-8-18-9-10-19-13-4-1-3-12(11-13)14-5-6-15(21)20-16(14)22/h1,3-4,11,14,18-19H,2,5-10,17H2,(H,20,21,22). The topological polar surface area (TPSA) is 96.2 Å². The molecule has 1 fully saturated rings. The molecule has 120 valence electrons. The molecule has 1 saturated heterocycles. The quantitative estimate of drug-likeness (QED) is 0.416. The molecule has 0 bridgehead atoms. The Labute approximate surface area is 130 Å². The molecule has 22 heavy (non-hydrogen) atoms. The lowest BCUT2D eigenvalue weighted by molar-refractivity contribution is -0.134. The number of anilines is 1. The maximum Gasteiger partial charge on any atom is 0.234 e. The number of rotatable bonds is 8. The van der Waals surface area contributed by atoms with Gasteiger partial charge in [-0.25, -0.2) is 0 Å². The van der Waals surface area contributed by atoms with Crippen LogP contribution in [0.4, 0.5) is 5.69 Å². The maximum atomic E-state index is 11.9. The summed E-state index contributed by atoms with van der Waals surface area (Å²) >= 11 is 0. The second-order valence-electron chi connectivity index (χ2n) is 5.45. The molecule has 5 N–H and O–H groups in total. The summed E-state index contributed by atoms with van der Waals surface area (Å²) in [6.45, 7) is 3.30. The van der Waals surface area contributed by atoms with Crippen LogP contribution in [0.1, 0.15) is 30.7 Å². The predicted molar refractivity (Wildman–Crippen MR) is 86.6 cm³/mol. The van der Waals surface area contributed by atoms with Gasteiger partial charge in [0.15, 0.2) is 0 Å². The lowest BCUT2D eigenvalue weighted by Gasteiger charge is -2.21. The van der Waals surface area contributed by atoms with Gasteiger partial charge in [0.1, 0.15) is 0 Å². The number of carbonyl (C=O) groups excluding carboxylic acids is 2. The minimum Gasteiger partial charge on any atom is -0.384 e. The lowest BCUT2D eigenvalue weighted by Crippen LogP contribution is -2.39. The Balaban J connectivity index is 1.84. The van der Waals surface area contributed by atoms with Gasteiger partial charge in [0.25, 0.3) is 0 Å². The molecular formula is C16H24N4O2. The summed E-state index contributed by atoms with van der Waals surface area (Å²) in [7, 11) is 0. The predicted octanol–water partition coefficient (Wildman–Crippen LogP) is 0.557. The van der Waals surface area contributed by atoms with E-state index in [9.17, 15) is 9.59 Å². The van der Waals surface area contributed by atoms with E-state index in [2.05, 4.69) is 16.0 Å². The first kappa shape index (κ1) is 16.5. The first-order valence-corrected chi connectivity index (χ1v) is 7.79. The van der Waals surface area contributed by atoms with Crippen molar-refractivity contribution in [2.75, 3.05) is 31.5 Å². The largest absolute Gasteiger partial charge is 0.384 e. The van der Waals surface area contributed by atoms with Gasteiger partial charge in [0.2, 0.25) is 11.8 Å². The SMILES string of the molecule is NCCCNCCNc1cccc(C2CCC(=O)NC2=O)c1. The van der Waals surface area contributed by atoms with Crippen molar-refractivity contribution in [3.8, 4) is 0 Å². The minimum absolute atomic E-state index is 0.181. The summed E-state index contributed by atoms with van der Waals surface area (Å²) < 4.78 is 0. The van der Waals surface area contributed by atoms with E-state index in [1.807, 2.05) is 24.3 Å². The summed E-state index contributed by atoms with van der Waals surface area (Å²) in [5.74, 6) is -0.613. The van der Waals surface area contributed by atoms with Crippen LogP contribution in [0.2, 0.25) is 0 Å². The van der Waals surface area contributed by atoms with E-state index in [0.29, 0.717) is 19.4 Å². The van der Waals surface area contributed by atoms with Crippen LogP contribution in [0.5, 0.6) is 0 Å². The molecule has 2 rings (SSSR count). The van der Waals surface area contributed by atoms with Crippen LogP contribution >= 0.6 is 0 Å². The molecule has 0 aliphatic carbocycles. The third-order valence-electron chi connectivity index (χ3n) is 3.72. The number of imide groups is 1. The van der Waals surface area contributed by atoms with Crippen molar-refractivity contribution in [3.05, 3.63) is 29.8 Å². The van der Waals surface area contributed by atoms with E-state index >= 15 is 0 Å². The highest BCUT2D eigenvalue weighted by Gasteiger charge is 2.27. The van der Waals surface area contributed by atoms with Crippen LogP contribution < -0.4 is 21.7 Å². The van der Waals surface area contributed by atoms with Gasteiger partial charge >= 0.3 is 0 Å². The van der Waals surface area contributed by atoms with Gasteiger partial charge < -0.3 is 16.4 Å². The van der Waals surface area contributed by atoms with Gasteiger partial charge in [-0.2, -0.15) is 0 Å². The number of nitrogens with two attached hydrogens (primary N) is 1. The number of hydrogen-bond acceptors (Lipinski definition) is 5. The fourth-order valence-corrected chi connectivity index (χ4v) is 2.52. The Hall–Kier alpha value is -1.92. The Morgan fingerprint density at radius 2 is 2.09 bits per heavy atom. The van der Waals surface area contributed by atoms with Crippen LogP contribution in [0.3, 0.4) is 0 Å². The second-order valence-corrected chi connectivity index (χ2v) is 5.45. The first-order valence-electron chi connectivity index (χ1n) is 7.79. The Bertz CT molecular complexity index is 519. The zero-order valence-corrected chi connectivity index (χ0v) is 12.7. The van der Waals surface area contributed by atoms with Crippen LogP contribution in [-0.2, 0) is 9.59 Å². The van der Waals surface area contributed by atoms with Crippen molar-refractivity contribution in [1.82, 2.24) is 10.6 Å². The van der Waals surface area contributed by atoms with E-state index in [0.717, 1.165) is 37.3 Å². The van der Waals surface area contributed by atoms with Crippen molar-refractivity contribution in [1.29, 1.82) is 0 Å². The van der Waals surface area contributed by atoms with Crippen LogP contribution in [-0.4, -0.2) is 38.0 Å². The summed E-state index contributed by atoms with van der Waals surface area (Å²) in [5.41, 5.74) is 7.37. The number of nitrogens with one attached hydrogen (secondary N) is 3. The van der Waals surface area contributed by atoms with Crippen LogP contribution in [0.25, 0.3) is 0 Å². The highest BCUT2D eigenvalue weighted by Crippen LogP contribution is 2.26. The first-order chi connectivity index (χ1) is 10.7. The lowest BCUT2D eigenvalue weighted by atomic mass is 9.90. The molecule has 1 heterocycles. The van der Waals surface area contributed by atoms with Gasteiger partial charge in [0, 0.05) is 25.2 Å². The highest BCUT2D eigenvalue weighted by atomic mass is 16.2. The van der Waals surface area contributed by atoms with Crippen molar-refractivity contribution in [3.63, 3.8) is 0 Å². The van der Waals surface area contributed by atoms with E-state index in [1.165, 1.54) is 0 Å². The maximum absolute atomic E-state index is 11.9. The van der Waals surface area contributed by atoms with E-state index < -0.39 is 0 Å². The molecule has 6 nitrogen and oxygen atoms in total. The molecule has 1 aromatic carbocycles. The molecule has 1 aliphatic heterocycles. The van der Waals surface area contributed by atoms with Gasteiger partial charge in [-0.3, -0.25) is 14.9 Å². The Kier molecular flexibility index (Phi) is 6.36. The monoisotopic (exact) mass is 304 g/mol. The number of amides is 2. The smallest absolute Gasteiger partial charge is 0.234 e. The van der Waals surface area contributed by atoms with Gasteiger partial charge in [-0.15, -0.1) is 0 Å². The number of hydrogen-bond donors (Lipinski definition) is 4. The van der Waals surface area contributed by atoms with Crippen molar-refractivity contribution in [2.45, 2.75) is 25.2 Å². The van der Waals surface area contributed by atoms with Crippen molar-refractivity contribution < 1.29 is 9.59 Å². The molecule has 1 atom stereocenters. The molecule has 1 unspecified atom stereocenters. The summed E-state index contributed by atoms with van der Waals surface area (Å²) in [6.07, 6.45) is 1.96. The summed E-state index contributed by atoms with van der Waals surface area (Å²) in [6, 6.07) is 7.84. The third-order valence-corrected chi connectivity index (χ3v) is 3.72. The summed E-state index contributed by atoms with van der Waals surface area (Å²) in [5, 5.41) is 9.04. The van der Waals surface area contributed by atoms with Gasteiger partial charge in [-0.05, 0) is 43.6 Å². The highest BCUT2D eigenvalue weighted by molar-refractivity contribution is 6.01. The Morgan fingerprint density at radius 1 is 1.23 bits per heavy atom. The van der Waals surface area contributed by atoms with Crippen molar-refractivity contribution in [2.24, 2.45) is 5.73 Å². The van der Waals surface area contributed by atoms with Gasteiger partial charge in [-0.1, -0.05) is 12.1 Å². The fraction of sp³-hybridized carbons (Fsp3) is 0.500. The summed E-state index contributed by atoms with van der Waals surface area (Å²) in [4.78, 5) is 23.1. The van der Waals surface area contributed by atoms with Crippen molar-refractivity contribution >= 4 is 17.5 Å². The Morgan fingerprint density at radius 3 is 2.86 bits per heavy atom. The van der Waals surface area contributed by atoms with Crippen LogP contribution in [0.15, 0.2) is 24.3 Å². The molecule has 0 saturated carbocycles. The van der Waals surface area contributed by atoms with E-state index in [4.69, 9.17) is 5.73 Å². The van der Waals surface area contributed by atoms with E-state index in [1.54, 1.807) is 0 Å². The molecule has 0 spiro atoms. The minimum atomic E-state index is -0.234. The van der Waals surface area contributed by atoms with Crippen LogP contribution in [0, 0.1) is 0 Å². The third kappa shape index (κ3) is 4.82. The molecule has 1 aromatic rings. The number of piperidine rings is 1. The fourth-order valence-electron chi connectivity index (χ4n) is 2.52. The molecule has 1 aliphatic rings. The zero-order chi connectivity index (χ0) is 15.8. The van der Waals surface area contributed by atoms with E-state index in [-0.39, 0.29) is 17.7 Å². The second kappa shape index (κ2) is 8.51. The molecule has 0 radical (unpaired) electrons. The average Bonchev–Trinajstić information content (AvgIpc) is 2.51. The molecular weight excluding hydrogens is 280 g/mol. The molecule has 0 aromatic heterocycles. The number of benzene rings is 1. The zero-order valence-electron chi connectivity index (χ0n) is 12.7. The molecule has 2 amide bonds. The van der Waals surface area contributed by atoms with Gasteiger partial charge in [0.05, 0.1) is 5.92 Å². The normalized spacial score (nSPS) is 18.1.